The van der Waals surface area contributed by atoms with Crippen LogP contribution < -0.4 is 5.73 Å². The van der Waals surface area contributed by atoms with E-state index in [0.29, 0.717) is 11.8 Å². The fourth-order valence-electron chi connectivity index (χ4n) is 2.23. The highest BCUT2D eigenvalue weighted by atomic mass is 32.1. The summed E-state index contributed by atoms with van der Waals surface area (Å²) in [6, 6.07) is 8.62. The van der Waals surface area contributed by atoms with Crippen LogP contribution in [0.5, 0.6) is 0 Å². The molecule has 0 aliphatic heterocycles. The van der Waals surface area contributed by atoms with Gasteiger partial charge in [0, 0.05) is 22.0 Å². The van der Waals surface area contributed by atoms with Crippen molar-refractivity contribution in [3.8, 4) is 0 Å². The Morgan fingerprint density at radius 3 is 2.50 bits per heavy atom. The number of thiophene rings is 1. The van der Waals surface area contributed by atoms with Crippen molar-refractivity contribution in [1.29, 1.82) is 0 Å². The zero-order valence-corrected chi connectivity index (χ0v) is 11.0. The van der Waals surface area contributed by atoms with Gasteiger partial charge in [0.15, 0.2) is 0 Å². The number of fused-ring (bicyclic) bond motifs is 1. The van der Waals surface area contributed by atoms with Crippen LogP contribution in [0.2, 0.25) is 0 Å². The highest BCUT2D eigenvalue weighted by molar-refractivity contribution is 7.19. The first-order valence-electron chi connectivity index (χ1n) is 5.83. The maximum absolute atomic E-state index is 5.90. The van der Waals surface area contributed by atoms with E-state index < -0.39 is 0 Å². The Kier molecular flexibility index (Phi) is 3.31. The molecule has 0 fully saturated rings. The number of hydrogen-bond donors (Lipinski definition) is 1. The molecule has 0 aliphatic rings. The second-order valence-electron chi connectivity index (χ2n) is 4.67. The Hall–Kier alpha value is -0.860. The second-order valence-corrected chi connectivity index (χ2v) is 5.76. The summed E-state index contributed by atoms with van der Waals surface area (Å²) in [4.78, 5) is 1.47. The average molecular weight is 233 g/mol. The van der Waals surface area contributed by atoms with Gasteiger partial charge in [-0.25, -0.2) is 0 Å². The van der Waals surface area contributed by atoms with E-state index in [1.165, 1.54) is 20.5 Å². The topological polar surface area (TPSA) is 26.0 Å². The van der Waals surface area contributed by atoms with E-state index in [-0.39, 0.29) is 0 Å². The molecule has 2 rings (SSSR count). The van der Waals surface area contributed by atoms with E-state index in [2.05, 4.69) is 45.0 Å². The largest absolute Gasteiger partial charge is 0.330 e. The van der Waals surface area contributed by atoms with Gasteiger partial charge in [0.25, 0.3) is 0 Å². The minimum atomic E-state index is 0.498. The van der Waals surface area contributed by atoms with E-state index in [1.807, 2.05) is 11.3 Å². The molecule has 0 amide bonds. The summed E-state index contributed by atoms with van der Waals surface area (Å²) in [5, 5.41) is 1.39. The van der Waals surface area contributed by atoms with Crippen LogP contribution >= 0.6 is 11.3 Å². The first-order chi connectivity index (χ1) is 7.65. The molecule has 1 aromatic carbocycles. The summed E-state index contributed by atoms with van der Waals surface area (Å²) in [6.45, 7) is 7.47. The van der Waals surface area contributed by atoms with Gasteiger partial charge in [0.1, 0.15) is 0 Å². The molecule has 0 spiro atoms. The van der Waals surface area contributed by atoms with Crippen LogP contribution in [0.3, 0.4) is 0 Å². The first kappa shape index (κ1) is 11.6. The smallest absolute Gasteiger partial charge is 0.0348 e. The Bertz CT molecular complexity index is 484. The van der Waals surface area contributed by atoms with Crippen molar-refractivity contribution in [3.05, 3.63) is 34.7 Å². The molecule has 1 heterocycles. The summed E-state index contributed by atoms with van der Waals surface area (Å²) in [7, 11) is 0. The number of aryl methyl sites for hydroxylation is 1. The fraction of sp³-hybridized carbons (Fsp3) is 0.429. The Balaban J connectivity index is 2.56. The van der Waals surface area contributed by atoms with Gasteiger partial charge in [-0.05, 0) is 29.9 Å². The van der Waals surface area contributed by atoms with Gasteiger partial charge >= 0.3 is 0 Å². The van der Waals surface area contributed by atoms with Crippen LogP contribution in [0.25, 0.3) is 10.1 Å². The summed E-state index contributed by atoms with van der Waals surface area (Å²) in [5.74, 6) is 1.11. The minimum Gasteiger partial charge on any atom is -0.330 e. The predicted octanol–water partition coefficient (Wildman–Crippen LogP) is 3.91. The maximum Gasteiger partial charge on any atom is 0.0348 e. The molecule has 0 aliphatic carbocycles. The average Bonchev–Trinajstić information content (AvgIpc) is 2.58. The van der Waals surface area contributed by atoms with Crippen molar-refractivity contribution in [3.63, 3.8) is 0 Å². The van der Waals surface area contributed by atoms with E-state index in [1.54, 1.807) is 0 Å². The molecule has 1 atom stereocenters. The molecule has 1 unspecified atom stereocenters. The summed E-state index contributed by atoms with van der Waals surface area (Å²) in [5.41, 5.74) is 7.32. The summed E-state index contributed by atoms with van der Waals surface area (Å²) >= 11 is 1.90. The van der Waals surface area contributed by atoms with Gasteiger partial charge in [-0.2, -0.15) is 0 Å². The van der Waals surface area contributed by atoms with Crippen molar-refractivity contribution in [1.82, 2.24) is 0 Å². The highest BCUT2D eigenvalue weighted by Gasteiger charge is 2.19. The lowest BCUT2D eigenvalue weighted by atomic mass is 9.92. The van der Waals surface area contributed by atoms with E-state index in [4.69, 9.17) is 5.73 Å². The SMILES string of the molecule is Cc1c(C(CN)C(C)C)sc2ccccc12. The van der Waals surface area contributed by atoms with Gasteiger partial charge in [-0.1, -0.05) is 32.0 Å². The molecule has 2 aromatic rings. The van der Waals surface area contributed by atoms with Crippen LogP contribution in [-0.4, -0.2) is 6.54 Å². The monoisotopic (exact) mass is 233 g/mol. The van der Waals surface area contributed by atoms with Crippen LogP contribution in [0.15, 0.2) is 24.3 Å². The molecule has 0 bridgehead atoms. The van der Waals surface area contributed by atoms with Crippen molar-refractivity contribution in [2.45, 2.75) is 26.7 Å². The van der Waals surface area contributed by atoms with Crippen LogP contribution in [0.1, 0.15) is 30.2 Å². The lowest BCUT2D eigenvalue weighted by Gasteiger charge is -2.18. The van der Waals surface area contributed by atoms with Crippen molar-refractivity contribution >= 4 is 21.4 Å². The molecule has 1 nitrogen and oxygen atoms in total. The third-order valence-electron chi connectivity index (χ3n) is 3.28. The van der Waals surface area contributed by atoms with Crippen molar-refractivity contribution in [2.75, 3.05) is 6.54 Å². The zero-order valence-electron chi connectivity index (χ0n) is 10.2. The zero-order chi connectivity index (χ0) is 11.7. The van der Waals surface area contributed by atoms with Gasteiger partial charge in [-0.15, -0.1) is 11.3 Å². The van der Waals surface area contributed by atoms with E-state index in [9.17, 15) is 0 Å². The molecule has 1 aromatic heterocycles. The number of rotatable bonds is 3. The molecule has 0 saturated carbocycles. The lowest BCUT2D eigenvalue weighted by Crippen LogP contribution is -2.17. The van der Waals surface area contributed by atoms with Crippen LogP contribution in [0.4, 0.5) is 0 Å². The molecular formula is C14H19NS. The minimum absolute atomic E-state index is 0.498. The molecule has 0 radical (unpaired) electrons. The Labute approximate surface area is 101 Å². The predicted molar refractivity (Wildman–Crippen MR) is 73.2 cm³/mol. The number of benzene rings is 1. The van der Waals surface area contributed by atoms with E-state index >= 15 is 0 Å². The van der Waals surface area contributed by atoms with Gasteiger partial charge < -0.3 is 5.73 Å². The fourth-order valence-corrected chi connectivity index (χ4v) is 3.73. The molecule has 0 saturated heterocycles. The molecule has 2 heteroatoms. The third-order valence-corrected chi connectivity index (χ3v) is 4.68. The number of hydrogen-bond acceptors (Lipinski definition) is 2. The first-order valence-corrected chi connectivity index (χ1v) is 6.65. The number of nitrogens with two attached hydrogens (primary N) is 1. The molecule has 86 valence electrons. The second kappa shape index (κ2) is 4.56. The van der Waals surface area contributed by atoms with Gasteiger partial charge in [0.05, 0.1) is 0 Å². The van der Waals surface area contributed by atoms with Crippen LogP contribution in [-0.2, 0) is 0 Å². The molecule has 16 heavy (non-hydrogen) atoms. The third kappa shape index (κ3) is 1.87. The highest BCUT2D eigenvalue weighted by Crippen LogP contribution is 2.37. The maximum atomic E-state index is 5.90. The standard InChI is InChI=1S/C14H19NS/c1-9(2)12(8-15)14-10(3)11-6-4-5-7-13(11)16-14/h4-7,9,12H,8,15H2,1-3H3. The van der Waals surface area contributed by atoms with E-state index in [0.717, 1.165) is 6.54 Å². The van der Waals surface area contributed by atoms with Crippen LogP contribution in [0, 0.1) is 12.8 Å². The Morgan fingerprint density at radius 2 is 1.94 bits per heavy atom. The Morgan fingerprint density at radius 1 is 1.25 bits per heavy atom. The molecular weight excluding hydrogens is 214 g/mol. The van der Waals surface area contributed by atoms with Gasteiger partial charge in [-0.3, -0.25) is 0 Å². The van der Waals surface area contributed by atoms with Crippen molar-refractivity contribution in [2.24, 2.45) is 11.7 Å². The summed E-state index contributed by atoms with van der Waals surface area (Å²) in [6.07, 6.45) is 0. The lowest BCUT2D eigenvalue weighted by molar-refractivity contribution is 0.512. The molecule has 2 N–H and O–H groups in total. The van der Waals surface area contributed by atoms with Crippen molar-refractivity contribution < 1.29 is 0 Å². The normalized spacial score (nSPS) is 13.6. The quantitative estimate of drug-likeness (QED) is 0.854. The summed E-state index contributed by atoms with van der Waals surface area (Å²) < 4.78 is 1.38. The van der Waals surface area contributed by atoms with Gasteiger partial charge in [0.2, 0.25) is 0 Å².